The number of anilines is 1. The van der Waals surface area contributed by atoms with Gasteiger partial charge >= 0.3 is 0 Å². The molecule has 84 valence electrons. The van der Waals surface area contributed by atoms with Crippen molar-refractivity contribution in [1.29, 1.82) is 0 Å². The Morgan fingerprint density at radius 1 is 1.07 bits per heavy atom. The first-order valence-corrected chi connectivity index (χ1v) is 5.86. The minimum absolute atomic E-state index is 0.339. The van der Waals surface area contributed by atoms with E-state index in [-0.39, 0.29) is 0 Å². The van der Waals surface area contributed by atoms with Gasteiger partial charge in [-0.3, -0.25) is 0 Å². The number of phenolic OH excluding ortho intramolecular Hbond substituents is 1. The molecule has 0 aromatic heterocycles. The minimum Gasteiger partial charge on any atom is -0.506 e. The van der Waals surface area contributed by atoms with Crippen molar-refractivity contribution in [2.24, 2.45) is 0 Å². The fourth-order valence-corrected chi connectivity index (χ4v) is 1.57. The van der Waals surface area contributed by atoms with Crippen molar-refractivity contribution in [3.8, 4) is 5.75 Å². The highest BCUT2D eigenvalue weighted by Crippen LogP contribution is 2.21. The molecule has 0 aliphatic carbocycles. The number of rotatable bonds is 7. The van der Waals surface area contributed by atoms with Gasteiger partial charge < -0.3 is 10.4 Å². The molecule has 1 aromatic carbocycles. The lowest BCUT2D eigenvalue weighted by Gasteiger charge is -2.07. The maximum Gasteiger partial charge on any atom is 0.138 e. The highest BCUT2D eigenvalue weighted by Gasteiger charge is 1.96. The van der Waals surface area contributed by atoms with Crippen LogP contribution in [0.4, 0.5) is 5.69 Å². The van der Waals surface area contributed by atoms with E-state index in [1.807, 2.05) is 18.2 Å². The summed E-state index contributed by atoms with van der Waals surface area (Å²) in [6.45, 7) is 3.17. The number of nitrogens with one attached hydrogen (secondary N) is 1. The van der Waals surface area contributed by atoms with Gasteiger partial charge in [-0.1, -0.05) is 44.7 Å². The fourth-order valence-electron chi connectivity index (χ4n) is 1.57. The van der Waals surface area contributed by atoms with Crippen molar-refractivity contribution < 1.29 is 5.11 Å². The second kappa shape index (κ2) is 7.16. The number of benzene rings is 1. The molecule has 2 heteroatoms. The first kappa shape index (κ1) is 11.9. The van der Waals surface area contributed by atoms with Crippen LogP contribution in [0.5, 0.6) is 5.75 Å². The van der Waals surface area contributed by atoms with E-state index in [0.717, 1.165) is 12.2 Å². The van der Waals surface area contributed by atoms with E-state index in [1.54, 1.807) is 6.07 Å². The van der Waals surface area contributed by atoms with E-state index in [4.69, 9.17) is 0 Å². The molecule has 0 saturated heterocycles. The molecule has 0 saturated carbocycles. The van der Waals surface area contributed by atoms with Crippen LogP contribution in [0.2, 0.25) is 0 Å². The van der Waals surface area contributed by atoms with Gasteiger partial charge in [0.15, 0.2) is 0 Å². The molecular formula is C13H21NO. The van der Waals surface area contributed by atoms with Crippen LogP contribution in [-0.2, 0) is 0 Å². The van der Waals surface area contributed by atoms with Crippen LogP contribution >= 0.6 is 0 Å². The standard InChI is InChI=1S/C13H21NO/c1-2-3-4-5-8-11-14-12-9-6-7-10-13(12)15/h6-7,9-10,14-15H,2-5,8,11H2,1H3. The lowest BCUT2D eigenvalue weighted by Crippen LogP contribution is -2.01. The molecule has 1 rings (SSSR count). The summed E-state index contributed by atoms with van der Waals surface area (Å²) in [6, 6.07) is 7.38. The Labute approximate surface area is 92.3 Å². The van der Waals surface area contributed by atoms with Gasteiger partial charge in [-0.2, -0.15) is 0 Å². The topological polar surface area (TPSA) is 32.3 Å². The summed E-state index contributed by atoms with van der Waals surface area (Å²) in [6.07, 6.45) is 6.38. The lowest BCUT2D eigenvalue weighted by molar-refractivity contribution is 0.477. The third-order valence-electron chi connectivity index (χ3n) is 2.50. The van der Waals surface area contributed by atoms with Crippen molar-refractivity contribution in [2.75, 3.05) is 11.9 Å². The minimum atomic E-state index is 0.339. The first-order valence-electron chi connectivity index (χ1n) is 5.86. The van der Waals surface area contributed by atoms with E-state index in [0.29, 0.717) is 5.75 Å². The Morgan fingerprint density at radius 2 is 1.80 bits per heavy atom. The van der Waals surface area contributed by atoms with Crippen LogP contribution in [0.15, 0.2) is 24.3 Å². The largest absolute Gasteiger partial charge is 0.506 e. The molecule has 0 aliphatic heterocycles. The summed E-state index contributed by atoms with van der Waals surface area (Å²) >= 11 is 0. The van der Waals surface area contributed by atoms with Gasteiger partial charge in [0.1, 0.15) is 5.75 Å². The molecular weight excluding hydrogens is 186 g/mol. The van der Waals surface area contributed by atoms with Crippen molar-refractivity contribution >= 4 is 5.69 Å². The Kier molecular flexibility index (Phi) is 5.67. The van der Waals surface area contributed by atoms with Crippen LogP contribution < -0.4 is 5.32 Å². The maximum atomic E-state index is 9.49. The fraction of sp³-hybridized carbons (Fsp3) is 0.538. The summed E-state index contributed by atoms with van der Waals surface area (Å²) in [5.74, 6) is 0.339. The monoisotopic (exact) mass is 207 g/mol. The van der Waals surface area contributed by atoms with Gasteiger partial charge in [-0.25, -0.2) is 0 Å². The number of unbranched alkanes of at least 4 members (excludes halogenated alkanes) is 4. The lowest BCUT2D eigenvalue weighted by atomic mass is 10.1. The molecule has 0 amide bonds. The molecule has 2 nitrogen and oxygen atoms in total. The average Bonchev–Trinajstić information content (AvgIpc) is 2.25. The maximum absolute atomic E-state index is 9.49. The summed E-state index contributed by atoms with van der Waals surface area (Å²) in [4.78, 5) is 0. The van der Waals surface area contributed by atoms with Crippen molar-refractivity contribution in [3.63, 3.8) is 0 Å². The zero-order valence-electron chi connectivity index (χ0n) is 9.50. The second-order valence-electron chi connectivity index (χ2n) is 3.86. The van der Waals surface area contributed by atoms with E-state index in [1.165, 1.54) is 32.1 Å². The molecule has 0 bridgehead atoms. The molecule has 1 aromatic rings. The van der Waals surface area contributed by atoms with Crippen LogP contribution in [0, 0.1) is 0 Å². The molecule has 15 heavy (non-hydrogen) atoms. The van der Waals surface area contributed by atoms with E-state index in [2.05, 4.69) is 12.2 Å². The van der Waals surface area contributed by atoms with E-state index in [9.17, 15) is 5.11 Å². The number of aromatic hydroxyl groups is 1. The third-order valence-corrected chi connectivity index (χ3v) is 2.50. The van der Waals surface area contributed by atoms with Crippen molar-refractivity contribution in [1.82, 2.24) is 0 Å². The van der Waals surface area contributed by atoms with Gasteiger partial charge in [0.25, 0.3) is 0 Å². The van der Waals surface area contributed by atoms with Gasteiger partial charge in [-0.05, 0) is 18.6 Å². The molecule has 0 fully saturated rings. The summed E-state index contributed by atoms with van der Waals surface area (Å²) in [5.41, 5.74) is 0.841. The summed E-state index contributed by atoms with van der Waals surface area (Å²) in [7, 11) is 0. The van der Waals surface area contributed by atoms with Crippen molar-refractivity contribution in [3.05, 3.63) is 24.3 Å². The SMILES string of the molecule is CCCCCCCNc1ccccc1O. The second-order valence-corrected chi connectivity index (χ2v) is 3.86. The molecule has 0 unspecified atom stereocenters. The third kappa shape index (κ3) is 4.73. The number of phenols is 1. The quantitative estimate of drug-likeness (QED) is 0.527. The summed E-state index contributed by atoms with van der Waals surface area (Å²) < 4.78 is 0. The Balaban J connectivity index is 2.12. The van der Waals surface area contributed by atoms with Gasteiger partial charge in [-0.15, -0.1) is 0 Å². The molecule has 0 atom stereocenters. The first-order chi connectivity index (χ1) is 7.34. The van der Waals surface area contributed by atoms with Gasteiger partial charge in [0, 0.05) is 6.54 Å². The Bertz CT molecular complexity index is 273. The zero-order valence-corrected chi connectivity index (χ0v) is 9.50. The van der Waals surface area contributed by atoms with E-state index < -0.39 is 0 Å². The number of hydrogen-bond donors (Lipinski definition) is 2. The van der Waals surface area contributed by atoms with Crippen LogP contribution in [-0.4, -0.2) is 11.7 Å². The normalized spacial score (nSPS) is 10.2. The van der Waals surface area contributed by atoms with Gasteiger partial charge in [0.05, 0.1) is 5.69 Å². The predicted octanol–water partition coefficient (Wildman–Crippen LogP) is 3.77. The van der Waals surface area contributed by atoms with Crippen LogP contribution in [0.3, 0.4) is 0 Å². The molecule has 0 aliphatic rings. The van der Waals surface area contributed by atoms with Crippen molar-refractivity contribution in [2.45, 2.75) is 39.0 Å². The van der Waals surface area contributed by atoms with Crippen LogP contribution in [0.1, 0.15) is 39.0 Å². The Hall–Kier alpha value is -1.18. The Morgan fingerprint density at radius 3 is 2.53 bits per heavy atom. The van der Waals surface area contributed by atoms with E-state index >= 15 is 0 Å². The highest BCUT2D eigenvalue weighted by atomic mass is 16.3. The highest BCUT2D eigenvalue weighted by molar-refractivity contribution is 5.54. The molecule has 0 heterocycles. The number of hydrogen-bond acceptors (Lipinski definition) is 2. The smallest absolute Gasteiger partial charge is 0.138 e. The van der Waals surface area contributed by atoms with Crippen LogP contribution in [0.25, 0.3) is 0 Å². The van der Waals surface area contributed by atoms with Gasteiger partial charge in [0.2, 0.25) is 0 Å². The molecule has 2 N–H and O–H groups in total. The molecule has 0 radical (unpaired) electrons. The average molecular weight is 207 g/mol. The zero-order chi connectivity index (χ0) is 10.9. The molecule has 0 spiro atoms. The number of para-hydroxylation sites is 2. The summed E-state index contributed by atoms with van der Waals surface area (Å²) in [5, 5.41) is 12.7. The predicted molar refractivity (Wildman–Crippen MR) is 65.4 cm³/mol.